The van der Waals surface area contributed by atoms with Crippen molar-refractivity contribution in [1.82, 2.24) is 50.9 Å². The third kappa shape index (κ3) is 22.0. The van der Waals surface area contributed by atoms with Crippen molar-refractivity contribution in [2.24, 2.45) is 5.41 Å². The van der Waals surface area contributed by atoms with Crippen LogP contribution in [0.1, 0.15) is 151 Å². The number of aromatic nitrogens is 5. The number of amides is 5. The smallest absolute Gasteiger partial charge is 0.416 e. The minimum atomic E-state index is -4.67. The molecular formula is C70H92F3N11O11S. The first-order valence-corrected chi connectivity index (χ1v) is 33.8. The molecule has 96 heavy (non-hydrogen) atoms. The average Bonchev–Trinajstić information content (AvgIpc) is 1.42. The fourth-order valence-corrected chi connectivity index (χ4v) is 12.2. The minimum Gasteiger partial charge on any atom is -0.494 e. The van der Waals surface area contributed by atoms with Crippen LogP contribution in [0.15, 0.2) is 96.8 Å². The first-order chi connectivity index (χ1) is 45.9. The predicted molar refractivity (Wildman–Crippen MR) is 358 cm³/mol. The fraction of sp³-hybridized carbons (Fsp3) is 0.529. The van der Waals surface area contributed by atoms with Crippen molar-refractivity contribution < 1.29 is 65.9 Å². The number of H-pyrrole nitrogens is 1. The molecule has 0 saturated carbocycles. The molecule has 0 spiro atoms. The molecule has 2 fully saturated rings. The number of β-amino-alcohol motifs (C(OH)–C–C–N with tert-alkyl or cyclic N) is 1. The van der Waals surface area contributed by atoms with Gasteiger partial charge < -0.3 is 64.8 Å². The molecule has 5 heterocycles. The Hall–Kier alpha value is -8.04. The van der Waals surface area contributed by atoms with E-state index < -0.39 is 70.9 Å². The van der Waals surface area contributed by atoms with E-state index in [4.69, 9.17) is 23.7 Å². The number of aliphatic hydroxyl groups is 1. The van der Waals surface area contributed by atoms with E-state index in [1.807, 2.05) is 78.2 Å². The van der Waals surface area contributed by atoms with Gasteiger partial charge in [0, 0.05) is 88.0 Å². The molecule has 0 radical (unpaired) electrons. The van der Waals surface area contributed by atoms with Crippen LogP contribution in [0.4, 0.5) is 23.7 Å². The molecule has 0 aliphatic carbocycles. The lowest BCUT2D eigenvalue weighted by molar-refractivity contribution is -0.144. The number of carbonyl (C=O) groups is 5. The maximum atomic E-state index is 14.3. The number of unbranched alkanes of at least 4 members (excludes halogenated alkanes) is 5. The number of alkyl halides is 3. The Balaban J connectivity index is 0.664. The zero-order valence-electron chi connectivity index (χ0n) is 56.0. The summed E-state index contributed by atoms with van der Waals surface area (Å²) in [5.41, 5.74) is 3.02. The minimum absolute atomic E-state index is 0.00307. The number of piperidine rings is 1. The first-order valence-electron chi connectivity index (χ1n) is 32.9. The molecule has 8 rings (SSSR count). The Morgan fingerprint density at radius 1 is 0.760 bits per heavy atom. The quantitative estimate of drug-likeness (QED) is 0.0209. The topological polar surface area (TPSA) is 274 Å². The monoisotopic (exact) mass is 1350 g/mol. The highest BCUT2D eigenvalue weighted by Gasteiger charge is 2.45. The summed E-state index contributed by atoms with van der Waals surface area (Å²) < 4.78 is 71.4. The third-order valence-corrected chi connectivity index (χ3v) is 17.6. The van der Waals surface area contributed by atoms with E-state index in [0.29, 0.717) is 95.8 Å². The molecule has 3 aromatic carbocycles. The van der Waals surface area contributed by atoms with Gasteiger partial charge in [0.25, 0.3) is 5.91 Å². The number of carbonyl (C=O) groups excluding carboxylic acids is 5. The standard InChI is InChI=1S/C70H92F3N11O11S/c1-47-59(96-46-77-47)49-21-19-48(20-22-49)43-75-63(88)57-42-54(85)45-84(57)64(89)60(67(2,3)4)78-58(86)18-11-10-13-34-92-37-39-93-38-36-91-33-12-8-9-14-35-94-55-23-24-56(70(71,72)73)52(41-55)44-76-62(87)51-16-15-17-53(40-51)80-69(27-31-83(32-28-69)66(90)95-68(5,6)7)65-79-61(81-82-65)50-25-29-74-30-26-50/h15-17,19-26,29-30,40-41,46,54,57,60,80,85H,8-14,18,27-28,31-39,42-45H2,1-7H3,(H,75,88)(H,76,87)(H,78,86)(H,79,81,82)/t54-,57+,60-/m1/s1. The molecule has 2 aliphatic heterocycles. The van der Waals surface area contributed by atoms with Gasteiger partial charge in [-0.25, -0.2) is 9.78 Å². The molecular weight excluding hydrogens is 1260 g/mol. The van der Waals surface area contributed by atoms with Gasteiger partial charge >= 0.3 is 12.3 Å². The van der Waals surface area contributed by atoms with E-state index in [1.54, 1.807) is 65.0 Å². The highest BCUT2D eigenvalue weighted by Crippen LogP contribution is 2.38. The van der Waals surface area contributed by atoms with Gasteiger partial charge in [0.2, 0.25) is 17.7 Å². The van der Waals surface area contributed by atoms with Crippen LogP contribution in [0.3, 0.4) is 0 Å². The van der Waals surface area contributed by atoms with Crippen LogP contribution in [0.25, 0.3) is 21.8 Å². The number of aromatic amines is 1. The first kappa shape index (κ1) is 73.8. The lowest BCUT2D eigenvalue weighted by Gasteiger charge is -2.41. The van der Waals surface area contributed by atoms with Gasteiger partial charge in [-0.2, -0.15) is 13.2 Å². The second kappa shape index (κ2) is 34.8. The molecule has 6 N–H and O–H groups in total. The molecule has 0 unspecified atom stereocenters. The van der Waals surface area contributed by atoms with Gasteiger partial charge in [0.05, 0.1) is 60.8 Å². The van der Waals surface area contributed by atoms with Gasteiger partial charge in [-0.05, 0) is 143 Å². The van der Waals surface area contributed by atoms with E-state index in [9.17, 15) is 42.3 Å². The van der Waals surface area contributed by atoms with Crippen LogP contribution in [0.5, 0.6) is 5.75 Å². The summed E-state index contributed by atoms with van der Waals surface area (Å²) in [5, 5.41) is 31.6. The van der Waals surface area contributed by atoms with Crippen LogP contribution in [-0.2, 0) is 58.1 Å². The Labute approximate surface area is 563 Å². The number of rotatable bonds is 33. The lowest BCUT2D eigenvalue weighted by atomic mass is 9.85. The fourth-order valence-electron chi connectivity index (χ4n) is 11.4. The van der Waals surface area contributed by atoms with Crippen molar-refractivity contribution in [3.05, 3.63) is 131 Å². The summed E-state index contributed by atoms with van der Waals surface area (Å²) in [7, 11) is 0. The Morgan fingerprint density at radius 2 is 1.43 bits per heavy atom. The SMILES string of the molecule is Cc1ncsc1-c1ccc(CNC(=O)[C@@H]2C[C@@H](O)CN2C(=O)[C@@H](NC(=O)CCCCCOCCOCCOCCCCCCOc2ccc(C(F)(F)F)c(CNC(=O)c3cccc(NC4(c5nnc(-c6ccncc6)[nH]5)CCN(C(=O)OC(C)(C)C)CC4)c3)c2)C(C)(C)C)cc1. The molecule has 3 aromatic heterocycles. The van der Waals surface area contributed by atoms with Crippen LogP contribution in [0.2, 0.25) is 0 Å². The summed E-state index contributed by atoms with van der Waals surface area (Å²) in [6.07, 6.45) is 3.70. The predicted octanol–water partition coefficient (Wildman–Crippen LogP) is 10.9. The zero-order valence-corrected chi connectivity index (χ0v) is 56.8. The van der Waals surface area contributed by atoms with E-state index in [2.05, 4.69) is 46.4 Å². The number of pyridine rings is 1. The number of ether oxygens (including phenoxy) is 5. The molecule has 2 aliphatic rings. The van der Waals surface area contributed by atoms with Gasteiger partial charge in [-0.3, -0.25) is 24.2 Å². The number of hydrogen-bond donors (Lipinski definition) is 6. The number of thiazole rings is 1. The third-order valence-electron chi connectivity index (χ3n) is 16.6. The maximum Gasteiger partial charge on any atom is 0.416 e. The molecule has 2 saturated heterocycles. The zero-order chi connectivity index (χ0) is 68.9. The Morgan fingerprint density at radius 3 is 2.07 bits per heavy atom. The van der Waals surface area contributed by atoms with Crippen molar-refractivity contribution in [3.63, 3.8) is 0 Å². The maximum absolute atomic E-state index is 14.3. The summed E-state index contributed by atoms with van der Waals surface area (Å²) in [6.45, 7) is 16.4. The van der Waals surface area contributed by atoms with Crippen molar-refractivity contribution in [2.45, 2.75) is 168 Å². The molecule has 26 heteroatoms. The number of anilines is 1. The number of benzene rings is 3. The number of nitrogens with one attached hydrogen (secondary N) is 5. The molecule has 22 nitrogen and oxygen atoms in total. The molecule has 0 bridgehead atoms. The summed E-state index contributed by atoms with van der Waals surface area (Å²) in [5.74, 6) is -0.312. The van der Waals surface area contributed by atoms with Crippen molar-refractivity contribution in [1.29, 1.82) is 0 Å². The highest BCUT2D eigenvalue weighted by molar-refractivity contribution is 7.13. The van der Waals surface area contributed by atoms with Crippen molar-refractivity contribution in [2.75, 3.05) is 71.2 Å². The van der Waals surface area contributed by atoms with Gasteiger partial charge in [0.15, 0.2) is 11.6 Å². The Bertz CT molecular complexity index is 3480. The van der Waals surface area contributed by atoms with E-state index in [-0.39, 0.29) is 61.2 Å². The van der Waals surface area contributed by atoms with Crippen molar-refractivity contribution >= 4 is 46.7 Å². The van der Waals surface area contributed by atoms with Crippen LogP contribution in [0, 0.1) is 12.3 Å². The van der Waals surface area contributed by atoms with Crippen molar-refractivity contribution in [3.8, 4) is 27.6 Å². The van der Waals surface area contributed by atoms with E-state index in [0.717, 1.165) is 65.4 Å². The van der Waals surface area contributed by atoms with Gasteiger partial charge in [0.1, 0.15) is 29.0 Å². The average molecular weight is 1350 g/mol. The number of aryl methyl sites for hydroxylation is 1. The summed E-state index contributed by atoms with van der Waals surface area (Å²) >= 11 is 1.57. The van der Waals surface area contributed by atoms with Crippen LogP contribution >= 0.6 is 11.3 Å². The molecule has 520 valence electrons. The number of likely N-dealkylation sites (tertiary alicyclic amines) is 2. The van der Waals surface area contributed by atoms with E-state index >= 15 is 0 Å². The van der Waals surface area contributed by atoms with Gasteiger partial charge in [-0.1, -0.05) is 63.9 Å². The Kier molecular flexibility index (Phi) is 26.7. The number of nitrogens with zero attached hydrogens (tertiary/aromatic N) is 6. The van der Waals surface area contributed by atoms with Crippen LogP contribution in [-0.4, -0.2) is 159 Å². The summed E-state index contributed by atoms with van der Waals surface area (Å²) in [6, 6.07) is 19.9. The number of aliphatic hydroxyl groups excluding tert-OH is 1. The summed E-state index contributed by atoms with van der Waals surface area (Å²) in [4.78, 5) is 83.3. The van der Waals surface area contributed by atoms with Crippen LogP contribution < -0.4 is 26.0 Å². The lowest BCUT2D eigenvalue weighted by Crippen LogP contribution is -2.57. The normalized spacial score (nSPS) is 16.0. The number of hydrogen-bond acceptors (Lipinski definition) is 17. The highest BCUT2D eigenvalue weighted by atomic mass is 32.1. The van der Waals surface area contributed by atoms with Gasteiger partial charge in [-0.15, -0.1) is 21.5 Å². The number of halogens is 3. The second-order valence-electron chi connectivity index (χ2n) is 26.4. The molecule has 3 atom stereocenters. The second-order valence-corrected chi connectivity index (χ2v) is 27.2. The largest absolute Gasteiger partial charge is 0.494 e. The molecule has 6 aromatic rings. The molecule has 5 amide bonds. The van der Waals surface area contributed by atoms with E-state index in [1.165, 1.54) is 17.0 Å².